The van der Waals surface area contributed by atoms with Crippen molar-refractivity contribution in [1.29, 1.82) is 0 Å². The molecule has 1 aliphatic heterocycles. The van der Waals surface area contributed by atoms with Gasteiger partial charge in [0.05, 0.1) is 13.0 Å². The molecule has 0 atom stereocenters. The fourth-order valence-corrected chi connectivity index (χ4v) is 1.78. The van der Waals surface area contributed by atoms with Gasteiger partial charge in [0.2, 0.25) is 0 Å². The highest BCUT2D eigenvalue weighted by Gasteiger charge is 2.33. The molecule has 1 heterocycles. The molecule has 6 heteroatoms. The lowest BCUT2D eigenvalue weighted by molar-refractivity contribution is -0.139. The van der Waals surface area contributed by atoms with Crippen molar-refractivity contribution in [2.24, 2.45) is 5.92 Å². The van der Waals surface area contributed by atoms with Crippen LogP contribution in [0.2, 0.25) is 0 Å². The van der Waals surface area contributed by atoms with E-state index < -0.39 is 5.97 Å². The Balaban J connectivity index is 2.19. The Morgan fingerprint density at radius 3 is 2.65 bits per heavy atom. The Kier molecular flexibility index (Phi) is 5.21. The summed E-state index contributed by atoms with van der Waals surface area (Å²) in [6, 6.07) is -0.0497. The minimum absolute atomic E-state index is 0.0497. The van der Waals surface area contributed by atoms with Gasteiger partial charge in [0.15, 0.2) is 0 Å². The summed E-state index contributed by atoms with van der Waals surface area (Å²) in [6.45, 7) is 4.74. The first kappa shape index (κ1) is 13.8. The van der Waals surface area contributed by atoms with E-state index >= 15 is 0 Å². The van der Waals surface area contributed by atoms with E-state index in [-0.39, 0.29) is 18.4 Å². The van der Waals surface area contributed by atoms with Crippen LogP contribution in [0.4, 0.5) is 4.79 Å². The van der Waals surface area contributed by atoms with Crippen molar-refractivity contribution in [3.8, 4) is 0 Å². The minimum Gasteiger partial charge on any atom is -0.481 e. The highest BCUT2D eigenvalue weighted by atomic mass is 16.5. The van der Waals surface area contributed by atoms with Gasteiger partial charge in [-0.2, -0.15) is 0 Å². The Bertz CT molecular complexity index is 277. The number of urea groups is 1. The molecule has 0 bridgehead atoms. The molecule has 0 radical (unpaired) electrons. The van der Waals surface area contributed by atoms with E-state index in [1.165, 1.54) is 0 Å². The summed E-state index contributed by atoms with van der Waals surface area (Å²) in [7, 11) is 1.73. The maximum atomic E-state index is 11.8. The molecule has 0 aliphatic carbocycles. The number of rotatable bonds is 6. The molecule has 0 saturated carbocycles. The first-order valence-electron chi connectivity index (χ1n) is 5.84. The second kappa shape index (κ2) is 6.44. The number of likely N-dealkylation sites (tertiary alicyclic amines) is 1. The number of carboxylic acids is 1. The van der Waals surface area contributed by atoms with Crippen molar-refractivity contribution >= 4 is 12.0 Å². The van der Waals surface area contributed by atoms with E-state index in [9.17, 15) is 9.59 Å². The van der Waals surface area contributed by atoms with Crippen molar-refractivity contribution in [3.05, 3.63) is 0 Å². The number of ether oxygens (including phenoxy) is 1. The van der Waals surface area contributed by atoms with Crippen LogP contribution in [0.15, 0.2) is 0 Å². The lowest BCUT2D eigenvalue weighted by Crippen LogP contribution is -2.54. The van der Waals surface area contributed by atoms with Crippen LogP contribution in [0.5, 0.6) is 0 Å². The predicted octanol–water partition coefficient (Wildman–Crippen LogP) is 0.481. The molecule has 1 fully saturated rings. The van der Waals surface area contributed by atoms with E-state index in [2.05, 4.69) is 0 Å². The largest absolute Gasteiger partial charge is 0.481 e. The van der Waals surface area contributed by atoms with Crippen molar-refractivity contribution in [2.45, 2.75) is 13.3 Å². The predicted molar refractivity (Wildman–Crippen MR) is 61.8 cm³/mol. The number of hydrogen-bond acceptors (Lipinski definition) is 3. The average Bonchev–Trinajstić information content (AvgIpc) is 2.21. The Hall–Kier alpha value is -1.30. The summed E-state index contributed by atoms with van der Waals surface area (Å²) in [5, 5.41) is 8.60. The van der Waals surface area contributed by atoms with Crippen LogP contribution in [-0.2, 0) is 9.53 Å². The fraction of sp³-hybridized carbons (Fsp3) is 0.818. The van der Waals surface area contributed by atoms with Crippen molar-refractivity contribution in [1.82, 2.24) is 9.80 Å². The quantitative estimate of drug-likeness (QED) is 0.690. The number of likely N-dealkylation sites (N-methyl/N-ethyl adjacent to an activating group) is 1. The van der Waals surface area contributed by atoms with Crippen LogP contribution in [-0.4, -0.2) is 66.8 Å². The zero-order valence-corrected chi connectivity index (χ0v) is 10.4. The van der Waals surface area contributed by atoms with E-state index in [0.29, 0.717) is 32.8 Å². The lowest BCUT2D eigenvalue weighted by Gasteiger charge is -2.40. The molecule has 1 N–H and O–H groups in total. The van der Waals surface area contributed by atoms with Crippen LogP contribution in [0.3, 0.4) is 0 Å². The van der Waals surface area contributed by atoms with Crippen LogP contribution in [0, 0.1) is 5.92 Å². The smallest absolute Gasteiger partial charge is 0.319 e. The Morgan fingerprint density at radius 2 is 2.12 bits per heavy atom. The summed E-state index contributed by atoms with van der Waals surface area (Å²) in [6.07, 6.45) is 0.145. The molecule has 0 aromatic heterocycles. The maximum Gasteiger partial charge on any atom is 0.319 e. The molecule has 1 rings (SSSR count). The van der Waals surface area contributed by atoms with Crippen LogP contribution < -0.4 is 0 Å². The first-order chi connectivity index (χ1) is 8.04. The van der Waals surface area contributed by atoms with E-state index in [4.69, 9.17) is 9.84 Å². The van der Waals surface area contributed by atoms with E-state index in [1.807, 2.05) is 6.92 Å². The summed E-state index contributed by atoms with van der Waals surface area (Å²) in [5.41, 5.74) is 0. The number of hydrogen-bond donors (Lipinski definition) is 1. The zero-order chi connectivity index (χ0) is 12.8. The van der Waals surface area contributed by atoms with Crippen LogP contribution >= 0.6 is 0 Å². The molecular formula is C11H20N2O4. The molecule has 0 unspecified atom stereocenters. The number of nitrogens with zero attached hydrogens (tertiary/aromatic N) is 2. The number of aliphatic carboxylic acids is 1. The van der Waals surface area contributed by atoms with Gasteiger partial charge >= 0.3 is 12.0 Å². The maximum absolute atomic E-state index is 11.8. The molecule has 1 saturated heterocycles. The highest BCUT2D eigenvalue weighted by molar-refractivity contribution is 5.75. The van der Waals surface area contributed by atoms with Gasteiger partial charge in [-0.3, -0.25) is 4.79 Å². The third-order valence-electron chi connectivity index (χ3n) is 2.79. The minimum atomic E-state index is -0.799. The SMILES string of the molecule is CCOCCN(C)C(=O)N1CC(CC(=O)O)C1. The second-order valence-corrected chi connectivity index (χ2v) is 4.27. The fourth-order valence-electron chi connectivity index (χ4n) is 1.78. The van der Waals surface area contributed by atoms with Gasteiger partial charge in [0, 0.05) is 39.2 Å². The van der Waals surface area contributed by atoms with Gasteiger partial charge in [-0.25, -0.2) is 4.79 Å². The van der Waals surface area contributed by atoms with Crippen molar-refractivity contribution in [2.75, 3.05) is 39.9 Å². The first-order valence-corrected chi connectivity index (χ1v) is 5.84. The van der Waals surface area contributed by atoms with Gasteiger partial charge in [-0.1, -0.05) is 0 Å². The molecule has 17 heavy (non-hydrogen) atoms. The Labute approximate surface area is 101 Å². The third kappa shape index (κ3) is 4.22. The topological polar surface area (TPSA) is 70.1 Å². The number of carboxylic acid groups (broad SMARTS) is 1. The van der Waals surface area contributed by atoms with Crippen LogP contribution in [0.25, 0.3) is 0 Å². The summed E-state index contributed by atoms with van der Waals surface area (Å²) in [5.74, 6) is -0.691. The molecule has 98 valence electrons. The summed E-state index contributed by atoms with van der Waals surface area (Å²) >= 11 is 0. The van der Waals surface area contributed by atoms with Crippen molar-refractivity contribution < 1.29 is 19.4 Å². The molecule has 0 aromatic carbocycles. The third-order valence-corrected chi connectivity index (χ3v) is 2.79. The number of carbonyl (C=O) groups excluding carboxylic acids is 1. The molecule has 0 aromatic rings. The number of carbonyl (C=O) groups is 2. The monoisotopic (exact) mass is 244 g/mol. The van der Waals surface area contributed by atoms with Gasteiger partial charge in [0.25, 0.3) is 0 Å². The zero-order valence-electron chi connectivity index (χ0n) is 10.4. The highest BCUT2D eigenvalue weighted by Crippen LogP contribution is 2.20. The van der Waals surface area contributed by atoms with Crippen molar-refractivity contribution in [3.63, 3.8) is 0 Å². The summed E-state index contributed by atoms with van der Waals surface area (Å²) in [4.78, 5) is 25.5. The molecule has 2 amide bonds. The average molecular weight is 244 g/mol. The van der Waals surface area contributed by atoms with Gasteiger partial charge in [-0.15, -0.1) is 0 Å². The lowest BCUT2D eigenvalue weighted by atomic mass is 9.97. The van der Waals surface area contributed by atoms with E-state index in [0.717, 1.165) is 0 Å². The van der Waals surface area contributed by atoms with Gasteiger partial charge in [-0.05, 0) is 6.92 Å². The van der Waals surface area contributed by atoms with Gasteiger partial charge < -0.3 is 19.6 Å². The van der Waals surface area contributed by atoms with Crippen LogP contribution in [0.1, 0.15) is 13.3 Å². The number of amides is 2. The molecule has 0 spiro atoms. The normalized spacial score (nSPS) is 15.5. The van der Waals surface area contributed by atoms with Gasteiger partial charge in [0.1, 0.15) is 0 Å². The second-order valence-electron chi connectivity index (χ2n) is 4.27. The molecule has 1 aliphatic rings. The Morgan fingerprint density at radius 1 is 1.47 bits per heavy atom. The molecular weight excluding hydrogens is 224 g/mol. The standard InChI is InChI=1S/C11H20N2O4/c1-3-17-5-4-12(2)11(16)13-7-9(8-13)6-10(14)15/h9H,3-8H2,1-2H3,(H,14,15). The van der Waals surface area contributed by atoms with E-state index in [1.54, 1.807) is 16.8 Å². The molecule has 6 nitrogen and oxygen atoms in total. The summed E-state index contributed by atoms with van der Waals surface area (Å²) < 4.78 is 5.17.